The number of benzene rings is 1. The van der Waals surface area contributed by atoms with Crippen LogP contribution in [0.4, 0.5) is 13.2 Å². The van der Waals surface area contributed by atoms with Crippen molar-refractivity contribution in [2.75, 3.05) is 26.2 Å². The van der Waals surface area contributed by atoms with E-state index in [9.17, 15) is 18.0 Å². The van der Waals surface area contributed by atoms with Crippen molar-refractivity contribution < 1.29 is 18.0 Å². The minimum absolute atomic E-state index is 0.0611. The van der Waals surface area contributed by atoms with Gasteiger partial charge in [-0.1, -0.05) is 18.2 Å². The minimum atomic E-state index is -4.17. The predicted octanol–water partition coefficient (Wildman–Crippen LogP) is 2.79. The number of aryl methyl sites for hydroxylation is 1. The lowest BCUT2D eigenvalue weighted by molar-refractivity contribution is -0.143. The molecule has 1 aliphatic heterocycles. The van der Waals surface area contributed by atoms with Crippen LogP contribution in [0.5, 0.6) is 0 Å². The van der Waals surface area contributed by atoms with E-state index in [1.165, 1.54) is 4.90 Å². The zero-order valence-corrected chi connectivity index (χ0v) is 13.4. The van der Waals surface area contributed by atoms with Crippen LogP contribution in [0.1, 0.15) is 16.9 Å². The van der Waals surface area contributed by atoms with Gasteiger partial charge in [0.25, 0.3) is 5.91 Å². The van der Waals surface area contributed by atoms with E-state index in [4.69, 9.17) is 0 Å². The van der Waals surface area contributed by atoms with E-state index >= 15 is 0 Å². The molecule has 2 aromatic rings. The third kappa shape index (κ3) is 3.72. The normalized spacial score (nSPS) is 19.1. The number of carbonyl (C=O) groups excluding carboxylic acids is 1. The van der Waals surface area contributed by atoms with E-state index in [1.807, 2.05) is 41.9 Å². The van der Waals surface area contributed by atoms with Crippen molar-refractivity contribution in [1.29, 1.82) is 0 Å². The van der Waals surface area contributed by atoms with E-state index < -0.39 is 12.7 Å². The zero-order chi connectivity index (χ0) is 17.3. The van der Waals surface area contributed by atoms with Crippen molar-refractivity contribution in [2.24, 2.45) is 13.0 Å². The number of hydrogen-bond donors (Lipinski definition) is 1. The molecule has 1 amide bonds. The first kappa shape index (κ1) is 16.8. The van der Waals surface area contributed by atoms with Gasteiger partial charge in [0.2, 0.25) is 0 Å². The number of likely N-dealkylation sites (tertiary alicyclic amines) is 1. The molecule has 1 aromatic heterocycles. The van der Waals surface area contributed by atoms with Gasteiger partial charge in [-0.15, -0.1) is 0 Å². The number of hydrogen-bond acceptors (Lipinski definition) is 2. The molecule has 1 atom stereocenters. The Morgan fingerprint density at radius 3 is 2.79 bits per heavy atom. The monoisotopic (exact) mass is 339 g/mol. The van der Waals surface area contributed by atoms with E-state index in [0.29, 0.717) is 31.7 Å². The number of para-hydroxylation sites is 1. The fourth-order valence-corrected chi connectivity index (χ4v) is 3.31. The number of nitrogens with zero attached hydrogens (tertiary/aromatic N) is 2. The number of aromatic nitrogens is 1. The van der Waals surface area contributed by atoms with Crippen molar-refractivity contribution in [3.05, 3.63) is 36.0 Å². The van der Waals surface area contributed by atoms with Crippen molar-refractivity contribution >= 4 is 16.8 Å². The van der Waals surface area contributed by atoms with Crippen LogP contribution in [0.15, 0.2) is 30.3 Å². The Balaban J connectivity index is 1.57. The fraction of sp³-hybridized carbons (Fsp3) is 0.471. The highest BCUT2D eigenvalue weighted by atomic mass is 19.4. The van der Waals surface area contributed by atoms with Gasteiger partial charge >= 0.3 is 6.18 Å². The largest absolute Gasteiger partial charge is 0.401 e. The molecule has 1 saturated heterocycles. The summed E-state index contributed by atoms with van der Waals surface area (Å²) >= 11 is 0. The van der Waals surface area contributed by atoms with Crippen LogP contribution < -0.4 is 5.32 Å². The van der Waals surface area contributed by atoms with Gasteiger partial charge in [-0.25, -0.2) is 0 Å². The van der Waals surface area contributed by atoms with Crippen LogP contribution in [0.25, 0.3) is 10.9 Å². The highest BCUT2D eigenvalue weighted by Gasteiger charge is 2.34. The van der Waals surface area contributed by atoms with Gasteiger partial charge in [-0.05, 0) is 31.0 Å². The van der Waals surface area contributed by atoms with Crippen LogP contribution in [0, 0.1) is 5.92 Å². The Hall–Kier alpha value is -2.02. The number of halogens is 3. The minimum Gasteiger partial charge on any atom is -0.350 e. The van der Waals surface area contributed by atoms with Gasteiger partial charge in [-0.3, -0.25) is 9.69 Å². The third-order valence-electron chi connectivity index (χ3n) is 4.51. The summed E-state index contributed by atoms with van der Waals surface area (Å²) in [5, 5.41) is 3.85. The Morgan fingerprint density at radius 2 is 2.08 bits per heavy atom. The van der Waals surface area contributed by atoms with Crippen LogP contribution in [0.3, 0.4) is 0 Å². The first-order chi connectivity index (χ1) is 11.3. The molecular formula is C17H20F3N3O. The second kappa shape index (κ2) is 6.47. The number of carbonyl (C=O) groups is 1. The molecule has 4 nitrogen and oxygen atoms in total. The summed E-state index contributed by atoms with van der Waals surface area (Å²) in [5.41, 5.74) is 1.53. The molecule has 1 fully saturated rings. The fourth-order valence-electron chi connectivity index (χ4n) is 3.31. The summed E-state index contributed by atoms with van der Waals surface area (Å²) in [6, 6.07) is 9.54. The standard InChI is InChI=1S/C17H20F3N3O/c1-22-14-5-3-2-4-13(14)8-15(22)16(24)21-9-12-6-7-23(10-12)11-17(18,19)20/h2-5,8,12H,6-7,9-11H2,1H3,(H,21,24). The summed E-state index contributed by atoms with van der Waals surface area (Å²) in [4.78, 5) is 13.8. The molecule has 0 aliphatic carbocycles. The van der Waals surface area contributed by atoms with Gasteiger partial charge in [0, 0.05) is 31.0 Å². The van der Waals surface area contributed by atoms with Crippen LogP contribution in [-0.2, 0) is 7.05 Å². The average Bonchev–Trinajstić information content (AvgIpc) is 3.08. The molecule has 130 valence electrons. The molecule has 0 radical (unpaired) electrons. The summed E-state index contributed by atoms with van der Waals surface area (Å²) in [6.45, 7) is 0.318. The average molecular weight is 339 g/mol. The van der Waals surface area contributed by atoms with Crippen molar-refractivity contribution in [1.82, 2.24) is 14.8 Å². The molecular weight excluding hydrogens is 319 g/mol. The van der Waals surface area contributed by atoms with Crippen molar-refractivity contribution in [3.63, 3.8) is 0 Å². The van der Waals surface area contributed by atoms with Crippen LogP contribution >= 0.6 is 0 Å². The Bertz CT molecular complexity index is 738. The molecule has 0 saturated carbocycles. The Kier molecular flexibility index (Phi) is 4.54. The predicted molar refractivity (Wildman–Crippen MR) is 85.9 cm³/mol. The molecule has 0 spiro atoms. The molecule has 1 unspecified atom stereocenters. The van der Waals surface area contributed by atoms with Crippen LogP contribution in [0.2, 0.25) is 0 Å². The zero-order valence-electron chi connectivity index (χ0n) is 13.4. The lowest BCUT2D eigenvalue weighted by atomic mass is 10.1. The molecule has 1 aliphatic rings. The molecule has 3 rings (SSSR count). The van der Waals surface area contributed by atoms with E-state index in [2.05, 4.69) is 5.32 Å². The molecule has 2 heterocycles. The lowest BCUT2D eigenvalue weighted by Gasteiger charge is -2.18. The van der Waals surface area contributed by atoms with E-state index in [-0.39, 0.29) is 11.8 Å². The third-order valence-corrected chi connectivity index (χ3v) is 4.51. The van der Waals surface area contributed by atoms with Crippen molar-refractivity contribution in [3.8, 4) is 0 Å². The summed E-state index contributed by atoms with van der Waals surface area (Å²) in [7, 11) is 1.83. The summed E-state index contributed by atoms with van der Waals surface area (Å²) < 4.78 is 39.0. The number of alkyl halides is 3. The van der Waals surface area contributed by atoms with Gasteiger partial charge in [0.1, 0.15) is 5.69 Å². The number of rotatable bonds is 4. The number of fused-ring (bicyclic) bond motifs is 1. The Morgan fingerprint density at radius 1 is 1.33 bits per heavy atom. The van der Waals surface area contributed by atoms with Gasteiger partial charge in [-0.2, -0.15) is 13.2 Å². The maximum Gasteiger partial charge on any atom is 0.401 e. The quantitative estimate of drug-likeness (QED) is 0.930. The number of amides is 1. The molecule has 1 aromatic carbocycles. The SMILES string of the molecule is Cn1c(C(=O)NCC2CCN(CC(F)(F)F)C2)cc2ccccc21. The number of nitrogens with one attached hydrogen (secondary N) is 1. The van der Waals surface area contributed by atoms with Crippen LogP contribution in [-0.4, -0.2) is 47.7 Å². The highest BCUT2D eigenvalue weighted by Crippen LogP contribution is 2.23. The molecule has 1 N–H and O–H groups in total. The Labute approximate surface area is 138 Å². The van der Waals surface area contributed by atoms with E-state index in [1.54, 1.807) is 0 Å². The topological polar surface area (TPSA) is 37.3 Å². The van der Waals surface area contributed by atoms with Gasteiger partial charge in [0.15, 0.2) is 0 Å². The summed E-state index contributed by atoms with van der Waals surface area (Å²) in [6.07, 6.45) is -3.49. The second-order valence-corrected chi connectivity index (χ2v) is 6.36. The first-order valence-corrected chi connectivity index (χ1v) is 7.95. The van der Waals surface area contributed by atoms with Gasteiger partial charge in [0.05, 0.1) is 6.54 Å². The molecule has 24 heavy (non-hydrogen) atoms. The van der Waals surface area contributed by atoms with Gasteiger partial charge < -0.3 is 9.88 Å². The summed E-state index contributed by atoms with van der Waals surface area (Å²) in [5.74, 6) is -0.131. The first-order valence-electron chi connectivity index (χ1n) is 7.95. The maximum absolute atomic E-state index is 12.4. The maximum atomic E-state index is 12.4. The lowest BCUT2D eigenvalue weighted by Crippen LogP contribution is -2.35. The molecule has 0 bridgehead atoms. The van der Waals surface area contributed by atoms with E-state index in [0.717, 1.165) is 10.9 Å². The second-order valence-electron chi connectivity index (χ2n) is 6.36. The molecule has 7 heteroatoms. The smallest absolute Gasteiger partial charge is 0.350 e. The highest BCUT2D eigenvalue weighted by molar-refractivity contribution is 5.98. The van der Waals surface area contributed by atoms with Crippen molar-refractivity contribution in [2.45, 2.75) is 12.6 Å².